The summed E-state index contributed by atoms with van der Waals surface area (Å²) in [5, 5.41) is 46.6. The molecule has 1 aromatic heterocycles. The standard InChI is InChI=1S/C25H44N8O10/c1-10-8-33(25(41)32-22(10)39)9-15(34)30-5-3-2-4-11(26)23(40)31-7-14-18(36)19(37)16(29)24(42-14)43-21-13(28)6-12(27)17(35)20(21)38/h8,11-14,16-21,24,35-38H,2-7,9,26-29H2,1H3,(H,30,34)(H,31,40)(H,32,39,41)/t11?,12-,13+,14-,16-,17+,18-,19-,20-,21-,24-/m1/s1. The quantitative estimate of drug-likeness (QED) is 0.0973. The third-order valence-electron chi connectivity index (χ3n) is 7.71. The first-order valence-electron chi connectivity index (χ1n) is 14.1. The number of nitrogens with zero attached hydrogens (tertiary/aromatic N) is 1. The summed E-state index contributed by atoms with van der Waals surface area (Å²) in [5.41, 5.74) is 22.8. The third-order valence-corrected chi connectivity index (χ3v) is 7.71. The number of nitrogens with one attached hydrogen (secondary N) is 3. The summed E-state index contributed by atoms with van der Waals surface area (Å²) in [6, 6.07) is -3.66. The minimum absolute atomic E-state index is 0.150. The summed E-state index contributed by atoms with van der Waals surface area (Å²) in [6.07, 6.45) is -6.60. The second-order valence-electron chi connectivity index (χ2n) is 11.1. The fraction of sp³-hybridized carbons (Fsp3) is 0.760. The summed E-state index contributed by atoms with van der Waals surface area (Å²) in [5.74, 6) is -0.970. The van der Waals surface area contributed by atoms with E-state index in [4.69, 9.17) is 32.4 Å². The number of hydrogen-bond donors (Lipinski definition) is 11. The highest BCUT2D eigenvalue weighted by Gasteiger charge is 2.48. The van der Waals surface area contributed by atoms with Crippen LogP contribution in [0.4, 0.5) is 0 Å². The SMILES string of the molecule is Cc1cn(CC(=O)NCCCCC(N)C(=O)NC[C@H]2O[C@H](O[C@H]3[C@H](O)[C@@H](O)[C@H](N)C[C@@H]3N)[C@H](N)[C@@H](O)[C@@H]2O)c(=O)[nH]c1=O. The number of amides is 2. The van der Waals surface area contributed by atoms with Crippen molar-refractivity contribution >= 4 is 11.8 Å². The lowest BCUT2D eigenvalue weighted by Gasteiger charge is -2.45. The maximum atomic E-state index is 12.5. The molecule has 0 radical (unpaired) electrons. The van der Waals surface area contributed by atoms with Gasteiger partial charge in [-0.2, -0.15) is 0 Å². The molecule has 15 N–H and O–H groups in total. The Labute approximate surface area is 246 Å². The summed E-state index contributed by atoms with van der Waals surface area (Å²) in [4.78, 5) is 50.0. The third kappa shape index (κ3) is 8.88. The molecule has 3 rings (SSSR count). The van der Waals surface area contributed by atoms with Gasteiger partial charge in [0.2, 0.25) is 11.8 Å². The highest BCUT2D eigenvalue weighted by atomic mass is 16.7. The van der Waals surface area contributed by atoms with Crippen LogP contribution in [0.5, 0.6) is 0 Å². The van der Waals surface area contributed by atoms with Crippen molar-refractivity contribution in [3.05, 3.63) is 32.6 Å². The lowest BCUT2D eigenvalue weighted by atomic mass is 9.84. The number of nitrogens with two attached hydrogens (primary N) is 4. The average molecular weight is 617 g/mol. The summed E-state index contributed by atoms with van der Waals surface area (Å²) in [6.45, 7) is 1.28. The molecule has 1 saturated heterocycles. The molecule has 0 aromatic carbocycles. The van der Waals surface area contributed by atoms with Crippen molar-refractivity contribution in [1.29, 1.82) is 0 Å². The molecular formula is C25H44N8O10. The van der Waals surface area contributed by atoms with Crippen LogP contribution in [0.1, 0.15) is 31.2 Å². The minimum atomic E-state index is -1.50. The van der Waals surface area contributed by atoms with Crippen LogP contribution in [0.25, 0.3) is 0 Å². The number of carbonyl (C=O) groups excluding carboxylic acids is 2. The summed E-state index contributed by atoms with van der Waals surface area (Å²) < 4.78 is 12.5. The molecule has 1 unspecified atom stereocenters. The topological polar surface area (TPSA) is 317 Å². The van der Waals surface area contributed by atoms with E-state index in [1.807, 2.05) is 0 Å². The fourth-order valence-electron chi connectivity index (χ4n) is 5.00. The van der Waals surface area contributed by atoms with E-state index in [0.29, 0.717) is 18.4 Å². The molecule has 0 spiro atoms. The van der Waals surface area contributed by atoms with Crippen molar-refractivity contribution in [3.8, 4) is 0 Å². The molecule has 1 aliphatic carbocycles. The zero-order chi connectivity index (χ0) is 32.0. The van der Waals surface area contributed by atoms with E-state index in [0.717, 1.165) is 4.57 Å². The lowest BCUT2D eigenvalue weighted by molar-refractivity contribution is -0.288. The first-order valence-corrected chi connectivity index (χ1v) is 14.1. The van der Waals surface area contributed by atoms with E-state index < -0.39 is 90.1 Å². The van der Waals surface area contributed by atoms with Crippen molar-refractivity contribution in [1.82, 2.24) is 20.2 Å². The molecule has 2 amide bonds. The van der Waals surface area contributed by atoms with Gasteiger partial charge in [-0.3, -0.25) is 23.9 Å². The molecule has 1 aliphatic heterocycles. The van der Waals surface area contributed by atoms with Crippen LogP contribution < -0.4 is 44.8 Å². The Balaban J connectivity index is 1.40. The van der Waals surface area contributed by atoms with Gasteiger partial charge in [0.1, 0.15) is 37.1 Å². The maximum Gasteiger partial charge on any atom is 0.328 e. The van der Waals surface area contributed by atoms with Crippen LogP contribution in [0.2, 0.25) is 0 Å². The van der Waals surface area contributed by atoms with Gasteiger partial charge in [-0.15, -0.1) is 0 Å². The highest BCUT2D eigenvalue weighted by molar-refractivity contribution is 5.81. The van der Waals surface area contributed by atoms with E-state index in [1.54, 1.807) is 0 Å². The molecule has 11 atom stereocenters. The van der Waals surface area contributed by atoms with E-state index in [-0.39, 0.29) is 32.5 Å². The van der Waals surface area contributed by atoms with Crippen LogP contribution in [-0.4, -0.2) is 122 Å². The number of aryl methyl sites for hydroxylation is 1. The van der Waals surface area contributed by atoms with Gasteiger partial charge in [-0.25, -0.2) is 4.79 Å². The van der Waals surface area contributed by atoms with Gasteiger partial charge in [0.05, 0.1) is 18.2 Å². The van der Waals surface area contributed by atoms with E-state index in [2.05, 4.69) is 15.6 Å². The lowest BCUT2D eigenvalue weighted by Crippen LogP contribution is -2.67. The Hall–Kier alpha value is -2.78. The number of carbonyl (C=O) groups is 2. The van der Waals surface area contributed by atoms with Crippen molar-refractivity contribution in [2.24, 2.45) is 22.9 Å². The highest BCUT2D eigenvalue weighted by Crippen LogP contribution is 2.27. The van der Waals surface area contributed by atoms with Crippen LogP contribution in [-0.2, 0) is 25.6 Å². The zero-order valence-electron chi connectivity index (χ0n) is 23.9. The van der Waals surface area contributed by atoms with Crippen LogP contribution in [0.15, 0.2) is 15.8 Å². The fourth-order valence-corrected chi connectivity index (χ4v) is 5.00. The van der Waals surface area contributed by atoms with Crippen molar-refractivity contribution in [3.63, 3.8) is 0 Å². The largest absolute Gasteiger partial charge is 0.389 e. The summed E-state index contributed by atoms with van der Waals surface area (Å²) >= 11 is 0. The molecule has 0 bridgehead atoms. The van der Waals surface area contributed by atoms with E-state index in [9.17, 15) is 39.6 Å². The van der Waals surface area contributed by atoms with Gasteiger partial charge in [-0.05, 0) is 32.6 Å². The maximum absolute atomic E-state index is 12.5. The number of ether oxygens (including phenoxy) is 2. The Morgan fingerprint density at radius 3 is 2.47 bits per heavy atom. The minimum Gasteiger partial charge on any atom is -0.389 e. The normalized spacial score (nSPS) is 33.5. The van der Waals surface area contributed by atoms with Gasteiger partial charge in [0.25, 0.3) is 5.56 Å². The molecule has 18 heteroatoms. The number of H-pyrrole nitrogens is 1. The predicted molar refractivity (Wildman–Crippen MR) is 150 cm³/mol. The van der Waals surface area contributed by atoms with Gasteiger partial charge in [0.15, 0.2) is 6.29 Å². The number of aliphatic hydroxyl groups excluding tert-OH is 4. The first kappa shape index (κ1) is 34.7. The number of rotatable bonds is 12. The van der Waals surface area contributed by atoms with Crippen LogP contribution in [0.3, 0.4) is 0 Å². The predicted octanol–water partition coefficient (Wildman–Crippen LogP) is -6.49. The number of unbranched alkanes of at least 4 members (excludes halogenated alkanes) is 1. The molecular weight excluding hydrogens is 572 g/mol. The molecule has 2 aliphatic rings. The first-order chi connectivity index (χ1) is 20.2. The summed E-state index contributed by atoms with van der Waals surface area (Å²) in [7, 11) is 0. The molecule has 2 fully saturated rings. The monoisotopic (exact) mass is 616 g/mol. The molecule has 2 heterocycles. The zero-order valence-corrected chi connectivity index (χ0v) is 23.9. The van der Waals surface area contributed by atoms with Crippen molar-refractivity contribution in [2.45, 2.75) is 106 Å². The molecule has 18 nitrogen and oxygen atoms in total. The number of aromatic nitrogens is 2. The van der Waals surface area contributed by atoms with Crippen LogP contribution in [0, 0.1) is 6.92 Å². The Kier molecular flexibility index (Phi) is 12.3. The molecule has 43 heavy (non-hydrogen) atoms. The number of hydrogen-bond acceptors (Lipinski definition) is 14. The van der Waals surface area contributed by atoms with Crippen molar-refractivity contribution < 1.29 is 39.5 Å². The smallest absolute Gasteiger partial charge is 0.328 e. The van der Waals surface area contributed by atoms with Gasteiger partial charge < -0.3 is 63.5 Å². The second-order valence-corrected chi connectivity index (χ2v) is 11.1. The van der Waals surface area contributed by atoms with E-state index in [1.165, 1.54) is 13.1 Å². The Morgan fingerprint density at radius 1 is 1.07 bits per heavy atom. The van der Waals surface area contributed by atoms with Gasteiger partial charge in [0, 0.05) is 36.9 Å². The number of aliphatic hydroxyl groups is 4. The number of aromatic amines is 1. The van der Waals surface area contributed by atoms with Crippen LogP contribution >= 0.6 is 0 Å². The Morgan fingerprint density at radius 2 is 1.77 bits per heavy atom. The molecule has 1 aromatic rings. The second kappa shape index (κ2) is 15.3. The molecule has 244 valence electrons. The van der Waals surface area contributed by atoms with E-state index >= 15 is 0 Å². The Bertz CT molecular complexity index is 1210. The average Bonchev–Trinajstić information content (AvgIpc) is 2.95. The van der Waals surface area contributed by atoms with Gasteiger partial charge in [-0.1, -0.05) is 0 Å². The van der Waals surface area contributed by atoms with Gasteiger partial charge >= 0.3 is 5.69 Å². The molecule has 1 saturated carbocycles. The van der Waals surface area contributed by atoms with Crippen molar-refractivity contribution in [2.75, 3.05) is 13.1 Å².